The van der Waals surface area contributed by atoms with E-state index < -0.39 is 17.9 Å². The second-order valence-electron chi connectivity index (χ2n) is 6.62. The lowest BCUT2D eigenvalue weighted by atomic mass is 10.0. The minimum atomic E-state index is -0.849. The second kappa shape index (κ2) is 10.0. The summed E-state index contributed by atoms with van der Waals surface area (Å²) in [7, 11) is 1.27. The molecule has 3 N–H and O–H groups in total. The van der Waals surface area contributed by atoms with Gasteiger partial charge in [0.15, 0.2) is 0 Å². The molecule has 0 aliphatic rings. The number of hydrogen-bond acceptors (Lipinski definition) is 5. The molecule has 1 aromatic carbocycles. The van der Waals surface area contributed by atoms with Gasteiger partial charge < -0.3 is 20.4 Å². The van der Waals surface area contributed by atoms with E-state index in [2.05, 4.69) is 36.5 Å². The number of rotatable bonds is 8. The standard InChI is InChI=1S/C21H21BrN4O4/c1-30-21(29)17(10-13-11-23-16-5-3-2-4-15(13)16)25-19(27)8-9-20(28)26-18-7-6-14(22)12-24-18/h2-7,11-12,17,23H,8-10H2,1H3,(H,25,27)(H,24,26,28). The van der Waals surface area contributed by atoms with Crippen molar-refractivity contribution < 1.29 is 19.1 Å². The summed E-state index contributed by atoms with van der Waals surface area (Å²) in [6.45, 7) is 0. The Labute approximate surface area is 181 Å². The molecule has 9 heteroatoms. The maximum atomic E-state index is 12.3. The first-order chi connectivity index (χ1) is 14.5. The first-order valence-corrected chi connectivity index (χ1v) is 10.1. The molecule has 0 aliphatic heterocycles. The normalized spacial score (nSPS) is 11.7. The number of carbonyl (C=O) groups is 3. The Hall–Kier alpha value is -3.20. The number of pyridine rings is 1. The lowest BCUT2D eigenvalue weighted by molar-refractivity contribution is -0.145. The van der Waals surface area contributed by atoms with Crippen LogP contribution in [-0.4, -0.2) is 40.9 Å². The molecule has 0 aliphatic carbocycles. The smallest absolute Gasteiger partial charge is 0.328 e. The predicted molar refractivity (Wildman–Crippen MR) is 116 cm³/mol. The van der Waals surface area contributed by atoms with Crippen LogP contribution in [0.1, 0.15) is 18.4 Å². The summed E-state index contributed by atoms with van der Waals surface area (Å²) in [6, 6.07) is 10.2. The second-order valence-corrected chi connectivity index (χ2v) is 7.53. The summed E-state index contributed by atoms with van der Waals surface area (Å²) in [5, 5.41) is 6.26. The number of halogens is 1. The lowest BCUT2D eigenvalue weighted by Crippen LogP contribution is -2.43. The third-order valence-corrected chi connectivity index (χ3v) is 4.96. The molecule has 0 radical (unpaired) electrons. The van der Waals surface area contributed by atoms with Gasteiger partial charge in [-0.1, -0.05) is 18.2 Å². The van der Waals surface area contributed by atoms with Crippen molar-refractivity contribution in [1.82, 2.24) is 15.3 Å². The van der Waals surface area contributed by atoms with E-state index in [1.807, 2.05) is 30.5 Å². The third-order valence-electron chi connectivity index (χ3n) is 4.49. The van der Waals surface area contributed by atoms with Crippen LogP contribution in [0.15, 0.2) is 53.3 Å². The number of methoxy groups -OCH3 is 1. The molecule has 2 heterocycles. The van der Waals surface area contributed by atoms with Crippen molar-refractivity contribution in [2.75, 3.05) is 12.4 Å². The van der Waals surface area contributed by atoms with E-state index >= 15 is 0 Å². The number of carbonyl (C=O) groups excluding carboxylic acids is 3. The number of hydrogen-bond donors (Lipinski definition) is 3. The Balaban J connectivity index is 1.56. The van der Waals surface area contributed by atoms with E-state index in [4.69, 9.17) is 4.74 Å². The fourth-order valence-corrected chi connectivity index (χ4v) is 3.24. The SMILES string of the molecule is COC(=O)C(Cc1c[nH]c2ccccc12)NC(=O)CCC(=O)Nc1ccc(Br)cn1. The minimum absolute atomic E-state index is 0.0371. The number of esters is 1. The average molecular weight is 473 g/mol. The molecular formula is C21H21BrN4O4. The zero-order valence-corrected chi connectivity index (χ0v) is 17.9. The summed E-state index contributed by atoms with van der Waals surface area (Å²) >= 11 is 3.27. The highest BCUT2D eigenvalue weighted by Crippen LogP contribution is 2.19. The number of anilines is 1. The zero-order chi connectivity index (χ0) is 21.5. The van der Waals surface area contributed by atoms with Crippen molar-refractivity contribution in [3.8, 4) is 0 Å². The minimum Gasteiger partial charge on any atom is -0.467 e. The predicted octanol–water partition coefficient (Wildman–Crippen LogP) is 2.94. The molecule has 156 valence electrons. The van der Waals surface area contributed by atoms with Crippen LogP contribution in [0.25, 0.3) is 10.9 Å². The maximum absolute atomic E-state index is 12.3. The number of aromatic nitrogens is 2. The van der Waals surface area contributed by atoms with Gasteiger partial charge in [0, 0.05) is 47.0 Å². The van der Waals surface area contributed by atoms with Gasteiger partial charge in [0.25, 0.3) is 0 Å². The largest absolute Gasteiger partial charge is 0.467 e. The van der Waals surface area contributed by atoms with E-state index in [9.17, 15) is 14.4 Å². The van der Waals surface area contributed by atoms with Crippen molar-refractivity contribution in [3.05, 3.63) is 58.8 Å². The molecule has 0 saturated carbocycles. The van der Waals surface area contributed by atoms with Gasteiger partial charge in [-0.2, -0.15) is 0 Å². The Kier molecular flexibility index (Phi) is 7.18. The fraction of sp³-hybridized carbons (Fsp3) is 0.238. The van der Waals surface area contributed by atoms with Crippen LogP contribution in [0.4, 0.5) is 5.82 Å². The Morgan fingerprint density at radius 1 is 1.13 bits per heavy atom. The first kappa shape index (κ1) is 21.5. The fourth-order valence-electron chi connectivity index (χ4n) is 3.00. The molecule has 0 fully saturated rings. The van der Waals surface area contributed by atoms with Crippen molar-refractivity contribution in [2.24, 2.45) is 0 Å². The Morgan fingerprint density at radius 2 is 1.90 bits per heavy atom. The van der Waals surface area contributed by atoms with Gasteiger partial charge in [0.05, 0.1) is 7.11 Å². The van der Waals surface area contributed by atoms with Gasteiger partial charge >= 0.3 is 5.97 Å². The van der Waals surface area contributed by atoms with Gasteiger partial charge in [0.1, 0.15) is 11.9 Å². The lowest BCUT2D eigenvalue weighted by Gasteiger charge is -2.16. The molecule has 0 saturated heterocycles. The van der Waals surface area contributed by atoms with Crippen LogP contribution in [0, 0.1) is 0 Å². The summed E-state index contributed by atoms with van der Waals surface area (Å²) in [6.07, 6.45) is 3.55. The van der Waals surface area contributed by atoms with E-state index in [0.717, 1.165) is 20.9 Å². The molecule has 0 spiro atoms. The van der Waals surface area contributed by atoms with E-state index in [1.54, 1.807) is 18.3 Å². The molecule has 3 aromatic rings. The Morgan fingerprint density at radius 3 is 2.63 bits per heavy atom. The van der Waals surface area contributed by atoms with Crippen LogP contribution in [0.5, 0.6) is 0 Å². The van der Waals surface area contributed by atoms with Crippen molar-refractivity contribution in [1.29, 1.82) is 0 Å². The number of ether oxygens (including phenoxy) is 1. The number of aromatic amines is 1. The number of amides is 2. The molecule has 30 heavy (non-hydrogen) atoms. The van der Waals surface area contributed by atoms with Gasteiger partial charge in [-0.25, -0.2) is 9.78 Å². The highest BCUT2D eigenvalue weighted by atomic mass is 79.9. The van der Waals surface area contributed by atoms with Crippen LogP contribution < -0.4 is 10.6 Å². The highest BCUT2D eigenvalue weighted by molar-refractivity contribution is 9.10. The zero-order valence-electron chi connectivity index (χ0n) is 16.3. The Bertz CT molecular complexity index is 1050. The van der Waals surface area contributed by atoms with Crippen molar-refractivity contribution in [2.45, 2.75) is 25.3 Å². The number of benzene rings is 1. The summed E-state index contributed by atoms with van der Waals surface area (Å²) in [5.41, 5.74) is 1.83. The number of para-hydroxylation sites is 1. The van der Waals surface area contributed by atoms with Gasteiger partial charge in [-0.15, -0.1) is 0 Å². The average Bonchev–Trinajstić information content (AvgIpc) is 3.16. The molecule has 0 bridgehead atoms. The molecule has 2 aromatic heterocycles. The monoisotopic (exact) mass is 472 g/mol. The first-order valence-electron chi connectivity index (χ1n) is 9.30. The van der Waals surface area contributed by atoms with Crippen molar-refractivity contribution in [3.63, 3.8) is 0 Å². The van der Waals surface area contributed by atoms with Crippen LogP contribution >= 0.6 is 15.9 Å². The van der Waals surface area contributed by atoms with Crippen LogP contribution in [-0.2, 0) is 25.5 Å². The quantitative estimate of drug-likeness (QED) is 0.436. The van der Waals surface area contributed by atoms with Crippen molar-refractivity contribution >= 4 is 50.4 Å². The number of nitrogens with zero attached hydrogens (tertiary/aromatic N) is 1. The molecule has 2 amide bonds. The van der Waals surface area contributed by atoms with E-state index in [-0.39, 0.29) is 25.2 Å². The summed E-state index contributed by atoms with van der Waals surface area (Å²) < 4.78 is 5.63. The highest BCUT2D eigenvalue weighted by Gasteiger charge is 2.23. The molecule has 1 atom stereocenters. The van der Waals surface area contributed by atoms with Crippen LogP contribution in [0.2, 0.25) is 0 Å². The van der Waals surface area contributed by atoms with Crippen LogP contribution in [0.3, 0.4) is 0 Å². The van der Waals surface area contributed by atoms with Gasteiger partial charge in [-0.05, 0) is 39.7 Å². The number of nitrogens with one attached hydrogen (secondary N) is 3. The maximum Gasteiger partial charge on any atom is 0.328 e. The number of H-pyrrole nitrogens is 1. The molecule has 8 nitrogen and oxygen atoms in total. The third kappa shape index (κ3) is 5.66. The topological polar surface area (TPSA) is 113 Å². The van der Waals surface area contributed by atoms with Gasteiger partial charge in [0.2, 0.25) is 11.8 Å². The van der Waals surface area contributed by atoms with Gasteiger partial charge in [-0.3, -0.25) is 9.59 Å². The molecule has 3 rings (SSSR count). The van der Waals surface area contributed by atoms with E-state index in [1.165, 1.54) is 7.11 Å². The summed E-state index contributed by atoms with van der Waals surface area (Å²) in [5.74, 6) is -0.900. The van der Waals surface area contributed by atoms with E-state index in [0.29, 0.717) is 5.82 Å². The summed E-state index contributed by atoms with van der Waals surface area (Å²) in [4.78, 5) is 43.8. The molecule has 1 unspecified atom stereocenters. The molecular weight excluding hydrogens is 452 g/mol. The number of fused-ring (bicyclic) bond motifs is 1.